The lowest BCUT2D eigenvalue weighted by atomic mass is 10.2. The van der Waals surface area contributed by atoms with Crippen molar-refractivity contribution in [3.05, 3.63) is 58.1 Å². The Labute approximate surface area is 159 Å². The summed E-state index contributed by atoms with van der Waals surface area (Å²) in [5.41, 5.74) is 2.30. The lowest BCUT2D eigenvalue weighted by Gasteiger charge is -2.22. The fourth-order valence-corrected chi connectivity index (χ4v) is 4.78. The number of rotatable bonds is 5. The zero-order valence-corrected chi connectivity index (χ0v) is 16.3. The third kappa shape index (κ3) is 4.22. The Kier molecular flexibility index (Phi) is 5.46. The van der Waals surface area contributed by atoms with Crippen molar-refractivity contribution in [2.24, 2.45) is 0 Å². The summed E-state index contributed by atoms with van der Waals surface area (Å²) in [5.74, 6) is -0.173. The van der Waals surface area contributed by atoms with E-state index in [0.717, 1.165) is 18.8 Å². The van der Waals surface area contributed by atoms with Crippen molar-refractivity contribution >= 4 is 44.6 Å². The van der Waals surface area contributed by atoms with Crippen molar-refractivity contribution in [3.63, 3.8) is 0 Å². The first kappa shape index (κ1) is 18.4. The van der Waals surface area contributed by atoms with Gasteiger partial charge in [0.25, 0.3) is 0 Å². The molecule has 0 radical (unpaired) electrons. The summed E-state index contributed by atoms with van der Waals surface area (Å²) in [6.07, 6.45) is 2.41. The Bertz CT molecular complexity index is 848. The summed E-state index contributed by atoms with van der Waals surface area (Å²) < 4.78 is 26.7. The number of benzene rings is 2. The number of sulfonamides is 1. The standard InChI is InChI=1S/C18H20Cl2N2O2S/c1-21(16-6-8-17(9-7-16)22-10-2-3-11-22)25(23,24)13-14-4-5-15(19)12-18(14)20/h4-9,12H,2-3,10-11,13H2,1H3. The highest BCUT2D eigenvalue weighted by Gasteiger charge is 2.21. The zero-order valence-electron chi connectivity index (χ0n) is 14.0. The van der Waals surface area contributed by atoms with Crippen LogP contribution in [0.2, 0.25) is 10.0 Å². The average Bonchev–Trinajstić information content (AvgIpc) is 3.11. The largest absolute Gasteiger partial charge is 0.372 e. The van der Waals surface area contributed by atoms with Crippen molar-refractivity contribution in [1.29, 1.82) is 0 Å². The molecule has 2 aromatic rings. The van der Waals surface area contributed by atoms with Crippen LogP contribution in [0.15, 0.2) is 42.5 Å². The van der Waals surface area contributed by atoms with Crippen molar-refractivity contribution in [1.82, 2.24) is 0 Å². The summed E-state index contributed by atoms with van der Waals surface area (Å²) in [4.78, 5) is 2.31. The van der Waals surface area contributed by atoms with E-state index in [4.69, 9.17) is 23.2 Å². The zero-order chi connectivity index (χ0) is 18.0. The van der Waals surface area contributed by atoms with Crippen LogP contribution in [0.3, 0.4) is 0 Å². The lowest BCUT2D eigenvalue weighted by Crippen LogP contribution is -2.28. The van der Waals surface area contributed by atoms with Gasteiger partial charge in [-0.3, -0.25) is 4.31 Å². The normalized spacial score (nSPS) is 14.8. The minimum absolute atomic E-state index is 0.173. The van der Waals surface area contributed by atoms with Gasteiger partial charge in [-0.05, 0) is 54.8 Å². The van der Waals surface area contributed by atoms with E-state index in [1.807, 2.05) is 24.3 Å². The molecule has 0 unspecified atom stereocenters. The maximum atomic E-state index is 12.7. The molecule has 3 rings (SSSR count). The molecule has 1 saturated heterocycles. The number of anilines is 2. The minimum Gasteiger partial charge on any atom is -0.372 e. The van der Waals surface area contributed by atoms with Crippen LogP contribution in [0, 0.1) is 0 Å². The van der Waals surface area contributed by atoms with E-state index in [0.29, 0.717) is 21.3 Å². The maximum absolute atomic E-state index is 12.7. The summed E-state index contributed by atoms with van der Waals surface area (Å²) in [7, 11) is -1.98. The number of hydrogen-bond acceptors (Lipinski definition) is 3. The fourth-order valence-electron chi connectivity index (χ4n) is 2.94. The Balaban J connectivity index is 1.77. The molecule has 0 spiro atoms. The number of nitrogens with zero attached hydrogens (tertiary/aromatic N) is 2. The molecule has 1 heterocycles. The van der Waals surface area contributed by atoms with E-state index in [1.165, 1.54) is 17.1 Å². The van der Waals surface area contributed by atoms with Gasteiger partial charge < -0.3 is 4.90 Å². The molecule has 1 aliphatic heterocycles. The first-order valence-electron chi connectivity index (χ1n) is 8.12. The third-order valence-electron chi connectivity index (χ3n) is 4.45. The Morgan fingerprint density at radius 1 is 1.04 bits per heavy atom. The van der Waals surface area contributed by atoms with Crippen LogP contribution in [-0.4, -0.2) is 28.6 Å². The van der Waals surface area contributed by atoms with Gasteiger partial charge in [0.2, 0.25) is 10.0 Å². The molecule has 0 amide bonds. The number of halogens is 2. The van der Waals surface area contributed by atoms with Gasteiger partial charge in [-0.15, -0.1) is 0 Å². The summed E-state index contributed by atoms with van der Waals surface area (Å²) in [6.45, 7) is 2.12. The highest BCUT2D eigenvalue weighted by atomic mass is 35.5. The molecule has 134 valence electrons. The summed E-state index contributed by atoms with van der Waals surface area (Å²) in [5, 5.41) is 0.839. The quantitative estimate of drug-likeness (QED) is 0.740. The summed E-state index contributed by atoms with van der Waals surface area (Å²) in [6, 6.07) is 12.5. The second-order valence-corrected chi connectivity index (χ2v) is 9.01. The molecule has 7 heteroatoms. The highest BCUT2D eigenvalue weighted by Crippen LogP contribution is 2.27. The predicted molar refractivity (Wildman–Crippen MR) is 105 cm³/mol. The van der Waals surface area contributed by atoms with Crippen LogP contribution in [0.1, 0.15) is 18.4 Å². The van der Waals surface area contributed by atoms with Gasteiger partial charge in [0.15, 0.2) is 0 Å². The van der Waals surface area contributed by atoms with Gasteiger partial charge in [-0.25, -0.2) is 8.42 Å². The van der Waals surface area contributed by atoms with Gasteiger partial charge in [-0.2, -0.15) is 0 Å². The van der Waals surface area contributed by atoms with Gasteiger partial charge >= 0.3 is 0 Å². The van der Waals surface area contributed by atoms with Crippen molar-refractivity contribution in [2.75, 3.05) is 29.3 Å². The van der Waals surface area contributed by atoms with E-state index in [1.54, 1.807) is 25.2 Å². The van der Waals surface area contributed by atoms with Crippen LogP contribution in [-0.2, 0) is 15.8 Å². The lowest BCUT2D eigenvalue weighted by molar-refractivity contribution is 0.593. The topological polar surface area (TPSA) is 40.6 Å². The summed E-state index contributed by atoms with van der Waals surface area (Å²) >= 11 is 12.0. The molecule has 2 aromatic carbocycles. The maximum Gasteiger partial charge on any atom is 0.239 e. The van der Waals surface area contributed by atoms with Gasteiger partial charge in [0.05, 0.1) is 11.4 Å². The van der Waals surface area contributed by atoms with Crippen LogP contribution >= 0.6 is 23.2 Å². The molecule has 0 bridgehead atoms. The second kappa shape index (κ2) is 7.44. The molecule has 0 atom stereocenters. The third-order valence-corrected chi connectivity index (χ3v) is 6.76. The van der Waals surface area contributed by atoms with Crippen LogP contribution in [0.25, 0.3) is 0 Å². The molecule has 0 aromatic heterocycles. The van der Waals surface area contributed by atoms with Crippen molar-refractivity contribution < 1.29 is 8.42 Å². The minimum atomic E-state index is -3.54. The van der Waals surface area contributed by atoms with Crippen molar-refractivity contribution in [2.45, 2.75) is 18.6 Å². The smallest absolute Gasteiger partial charge is 0.239 e. The van der Waals surface area contributed by atoms with E-state index in [-0.39, 0.29) is 5.75 Å². The first-order valence-corrected chi connectivity index (χ1v) is 10.5. The molecule has 0 saturated carbocycles. The van der Waals surface area contributed by atoms with Crippen LogP contribution < -0.4 is 9.21 Å². The van der Waals surface area contributed by atoms with E-state index >= 15 is 0 Å². The van der Waals surface area contributed by atoms with Gasteiger partial charge in [-0.1, -0.05) is 29.3 Å². The molecular weight excluding hydrogens is 379 g/mol. The predicted octanol–water partition coefficient (Wildman–Crippen LogP) is 4.56. The molecule has 25 heavy (non-hydrogen) atoms. The number of hydrogen-bond donors (Lipinski definition) is 0. The van der Waals surface area contributed by atoms with E-state index in [2.05, 4.69) is 4.90 Å². The SMILES string of the molecule is CN(c1ccc(N2CCCC2)cc1)S(=O)(=O)Cc1ccc(Cl)cc1Cl. The fraction of sp³-hybridized carbons (Fsp3) is 0.333. The van der Waals surface area contributed by atoms with Crippen LogP contribution in [0.5, 0.6) is 0 Å². The molecule has 4 nitrogen and oxygen atoms in total. The molecule has 1 fully saturated rings. The van der Waals surface area contributed by atoms with Crippen molar-refractivity contribution in [3.8, 4) is 0 Å². The first-order chi connectivity index (χ1) is 11.9. The second-order valence-electron chi connectivity index (χ2n) is 6.17. The van der Waals surface area contributed by atoms with Gasteiger partial charge in [0, 0.05) is 35.9 Å². The Morgan fingerprint density at radius 3 is 2.28 bits per heavy atom. The Hall–Kier alpha value is -1.43. The monoisotopic (exact) mass is 398 g/mol. The Morgan fingerprint density at radius 2 is 1.68 bits per heavy atom. The van der Waals surface area contributed by atoms with Crippen LogP contribution in [0.4, 0.5) is 11.4 Å². The molecule has 1 aliphatic rings. The van der Waals surface area contributed by atoms with E-state index in [9.17, 15) is 8.42 Å². The molecule has 0 N–H and O–H groups in total. The van der Waals surface area contributed by atoms with E-state index < -0.39 is 10.0 Å². The molecule has 0 aliphatic carbocycles. The highest BCUT2D eigenvalue weighted by molar-refractivity contribution is 7.92. The van der Waals surface area contributed by atoms with Gasteiger partial charge in [0.1, 0.15) is 0 Å². The average molecular weight is 399 g/mol. The molecular formula is C18H20Cl2N2O2S.